The van der Waals surface area contributed by atoms with E-state index in [9.17, 15) is 24.6 Å². The first kappa shape index (κ1) is 25.5. The average molecular weight is 449 g/mol. The summed E-state index contributed by atoms with van der Waals surface area (Å²) in [6.45, 7) is 3.30. The minimum atomic E-state index is -1.87. The van der Waals surface area contributed by atoms with Crippen molar-refractivity contribution >= 4 is 29.2 Å². The molecule has 4 N–H and O–H groups in total. The fourth-order valence-corrected chi connectivity index (χ4v) is 3.65. The van der Waals surface area contributed by atoms with Gasteiger partial charge in [0.05, 0.1) is 12.8 Å². The molecule has 1 aromatic carbocycles. The lowest BCUT2D eigenvalue weighted by Gasteiger charge is -2.28. The molecule has 2 amide bonds. The van der Waals surface area contributed by atoms with Gasteiger partial charge < -0.3 is 30.3 Å². The molecule has 9 heteroatoms. The molecule has 0 aliphatic carbocycles. The Labute approximate surface area is 187 Å². The second-order valence-electron chi connectivity index (χ2n) is 7.88. The van der Waals surface area contributed by atoms with Crippen LogP contribution in [0.15, 0.2) is 30.4 Å². The number of fused-ring (bicyclic) bond motifs is 1. The number of carbonyl (C=O) groups excluding carboxylic acids is 3. The molecule has 1 aromatic rings. The van der Waals surface area contributed by atoms with Gasteiger partial charge in [-0.2, -0.15) is 0 Å². The number of benzene rings is 1. The molecule has 0 saturated heterocycles. The van der Waals surface area contributed by atoms with Crippen molar-refractivity contribution in [2.24, 2.45) is 5.92 Å². The van der Waals surface area contributed by atoms with Gasteiger partial charge in [0.1, 0.15) is 6.10 Å². The summed E-state index contributed by atoms with van der Waals surface area (Å²) < 4.78 is 4.64. The molecule has 1 heterocycles. The van der Waals surface area contributed by atoms with Crippen molar-refractivity contribution in [3.8, 4) is 0 Å². The predicted octanol–water partition coefficient (Wildman–Crippen LogP) is 1.46. The van der Waals surface area contributed by atoms with E-state index in [0.717, 1.165) is 0 Å². The summed E-state index contributed by atoms with van der Waals surface area (Å²) in [6.07, 6.45) is 3.86. The molecule has 0 radical (unpaired) electrons. The molecule has 176 valence electrons. The number of aliphatic hydroxyl groups is 3. The summed E-state index contributed by atoms with van der Waals surface area (Å²) in [4.78, 5) is 38.1. The topological polar surface area (TPSA) is 136 Å². The monoisotopic (exact) mass is 448 g/mol. The van der Waals surface area contributed by atoms with Crippen molar-refractivity contribution in [2.75, 3.05) is 30.5 Å². The smallest absolute Gasteiger partial charge is 0.305 e. The van der Waals surface area contributed by atoms with E-state index in [2.05, 4.69) is 10.1 Å². The number of aliphatic hydroxyl groups excluding tert-OH is 2. The summed E-state index contributed by atoms with van der Waals surface area (Å²) >= 11 is 0. The Morgan fingerprint density at radius 2 is 2.00 bits per heavy atom. The van der Waals surface area contributed by atoms with Gasteiger partial charge in [0.25, 0.3) is 11.8 Å². The molecule has 0 spiro atoms. The van der Waals surface area contributed by atoms with Crippen molar-refractivity contribution in [3.63, 3.8) is 0 Å². The molecular formula is C23H32N2O7. The third-order valence-electron chi connectivity index (χ3n) is 5.54. The number of rotatable bonds is 11. The van der Waals surface area contributed by atoms with E-state index in [4.69, 9.17) is 5.11 Å². The maximum atomic E-state index is 13.4. The Morgan fingerprint density at radius 3 is 2.62 bits per heavy atom. The van der Waals surface area contributed by atoms with Gasteiger partial charge in [-0.05, 0) is 44.4 Å². The molecule has 0 bridgehead atoms. The van der Waals surface area contributed by atoms with Crippen molar-refractivity contribution in [1.29, 1.82) is 0 Å². The van der Waals surface area contributed by atoms with Crippen LogP contribution in [-0.4, -0.2) is 59.5 Å². The number of hydrogen-bond acceptors (Lipinski definition) is 7. The van der Waals surface area contributed by atoms with Gasteiger partial charge in [-0.1, -0.05) is 19.1 Å². The Hall–Kier alpha value is -2.75. The third-order valence-corrected chi connectivity index (χ3v) is 5.54. The van der Waals surface area contributed by atoms with Gasteiger partial charge in [-0.25, -0.2) is 0 Å². The highest BCUT2D eigenvalue weighted by Crippen LogP contribution is 2.46. The van der Waals surface area contributed by atoms with Crippen LogP contribution in [0.2, 0.25) is 0 Å². The van der Waals surface area contributed by atoms with Crippen LogP contribution in [0.5, 0.6) is 0 Å². The Kier molecular flexibility index (Phi) is 8.94. The number of methoxy groups -OCH3 is 1. The first-order valence-electron chi connectivity index (χ1n) is 10.7. The average Bonchev–Trinajstić information content (AvgIpc) is 2.98. The fraction of sp³-hybridized carbons (Fsp3) is 0.522. The highest BCUT2D eigenvalue weighted by molar-refractivity contribution is 6.08. The van der Waals surface area contributed by atoms with Gasteiger partial charge in [-0.3, -0.25) is 14.4 Å². The number of esters is 1. The van der Waals surface area contributed by atoms with E-state index in [1.54, 1.807) is 37.3 Å². The molecule has 0 unspecified atom stereocenters. The number of nitrogens with one attached hydrogen (secondary N) is 1. The Balaban J connectivity index is 2.35. The van der Waals surface area contributed by atoms with E-state index < -0.39 is 29.4 Å². The molecule has 9 nitrogen and oxygen atoms in total. The fourth-order valence-electron chi connectivity index (χ4n) is 3.65. The number of carbonyl (C=O) groups is 3. The standard InChI is InChI=1S/C23H32N2O7/c1-15(8-5-7-13-26)23(31)18-14-17(24-21(29)16(2)27)10-11-19(18)25(22(23)30)12-6-4-9-20(28)32-3/h5,8,10-11,14-16,26-27,31H,4,6-7,9,12-13H2,1-3H3,(H,24,29)/b8-5+/t15-,16-,23+/m0/s1. The first-order chi connectivity index (χ1) is 15.2. The van der Waals surface area contributed by atoms with Gasteiger partial charge >= 0.3 is 5.97 Å². The van der Waals surface area contributed by atoms with E-state index >= 15 is 0 Å². The quantitative estimate of drug-likeness (QED) is 0.229. The van der Waals surface area contributed by atoms with Crippen LogP contribution in [0, 0.1) is 5.92 Å². The zero-order valence-corrected chi connectivity index (χ0v) is 18.7. The van der Waals surface area contributed by atoms with Crippen LogP contribution in [0.4, 0.5) is 11.4 Å². The zero-order valence-electron chi connectivity index (χ0n) is 18.7. The van der Waals surface area contributed by atoms with E-state index in [1.807, 2.05) is 0 Å². The maximum Gasteiger partial charge on any atom is 0.305 e. The minimum Gasteiger partial charge on any atom is -0.469 e. The lowest BCUT2D eigenvalue weighted by molar-refractivity contribution is -0.140. The second-order valence-corrected chi connectivity index (χ2v) is 7.88. The lowest BCUT2D eigenvalue weighted by atomic mass is 9.82. The lowest BCUT2D eigenvalue weighted by Crippen LogP contribution is -2.44. The van der Waals surface area contributed by atoms with Crippen LogP contribution in [-0.2, 0) is 24.7 Å². The van der Waals surface area contributed by atoms with Crippen molar-refractivity contribution in [2.45, 2.75) is 51.2 Å². The van der Waals surface area contributed by atoms with Gasteiger partial charge in [0, 0.05) is 36.7 Å². The number of hydrogen-bond donors (Lipinski definition) is 4. The number of unbranched alkanes of at least 4 members (excludes halogenated alkanes) is 1. The second kappa shape index (κ2) is 11.2. The molecule has 1 aliphatic rings. The van der Waals surface area contributed by atoms with Crippen LogP contribution >= 0.6 is 0 Å². The van der Waals surface area contributed by atoms with Crippen molar-refractivity contribution < 1.29 is 34.4 Å². The minimum absolute atomic E-state index is 0.0476. The molecule has 0 fully saturated rings. The van der Waals surface area contributed by atoms with Gasteiger partial charge in [-0.15, -0.1) is 0 Å². The molecular weight excluding hydrogens is 416 g/mol. The number of nitrogens with zero attached hydrogens (tertiary/aromatic N) is 1. The third kappa shape index (κ3) is 5.53. The molecule has 2 rings (SSSR count). The summed E-state index contributed by atoms with van der Waals surface area (Å²) in [5.41, 5.74) is -0.650. The Morgan fingerprint density at radius 1 is 1.28 bits per heavy atom. The van der Waals surface area contributed by atoms with E-state index in [1.165, 1.54) is 18.9 Å². The van der Waals surface area contributed by atoms with Crippen LogP contribution in [0.1, 0.15) is 45.1 Å². The van der Waals surface area contributed by atoms with Crippen molar-refractivity contribution in [3.05, 3.63) is 35.9 Å². The molecule has 0 aromatic heterocycles. The van der Waals surface area contributed by atoms with Crippen molar-refractivity contribution in [1.82, 2.24) is 0 Å². The van der Waals surface area contributed by atoms with Crippen LogP contribution in [0.25, 0.3) is 0 Å². The normalized spacial score (nSPS) is 19.7. The summed E-state index contributed by atoms with van der Waals surface area (Å²) in [7, 11) is 1.32. The molecule has 32 heavy (non-hydrogen) atoms. The van der Waals surface area contributed by atoms with Crippen LogP contribution < -0.4 is 10.2 Å². The number of anilines is 2. The largest absolute Gasteiger partial charge is 0.469 e. The van der Waals surface area contributed by atoms with Gasteiger partial charge in [0.15, 0.2) is 5.60 Å². The first-order valence-corrected chi connectivity index (χ1v) is 10.7. The van der Waals surface area contributed by atoms with Gasteiger partial charge in [0.2, 0.25) is 0 Å². The molecule has 1 aliphatic heterocycles. The predicted molar refractivity (Wildman–Crippen MR) is 119 cm³/mol. The zero-order chi connectivity index (χ0) is 23.9. The number of ether oxygens (including phenoxy) is 1. The van der Waals surface area contributed by atoms with E-state index in [-0.39, 0.29) is 19.0 Å². The summed E-state index contributed by atoms with van der Waals surface area (Å²) in [5.74, 6) is -2.03. The highest BCUT2D eigenvalue weighted by atomic mass is 16.5. The number of amides is 2. The molecule has 0 saturated carbocycles. The van der Waals surface area contributed by atoms with E-state index in [0.29, 0.717) is 42.7 Å². The maximum absolute atomic E-state index is 13.4. The highest BCUT2D eigenvalue weighted by Gasteiger charge is 2.52. The summed E-state index contributed by atoms with van der Waals surface area (Å²) in [5, 5.41) is 32.6. The molecule has 3 atom stereocenters. The van der Waals surface area contributed by atoms with Crippen LogP contribution in [0.3, 0.4) is 0 Å². The SMILES string of the molecule is COC(=O)CCCCN1C(=O)[C@@](O)([C@@H](C)/C=C/CCO)c2cc(NC(=O)[C@H](C)O)ccc21. The Bertz CT molecular complexity index is 868. The summed E-state index contributed by atoms with van der Waals surface area (Å²) in [6, 6.07) is 4.79.